The number of likely N-dealkylation sites (tertiary alicyclic amines) is 1. The summed E-state index contributed by atoms with van der Waals surface area (Å²) in [5.74, 6) is 0.192. The minimum absolute atomic E-state index is 0.150. The zero-order valence-electron chi connectivity index (χ0n) is 12.3. The zero-order valence-corrected chi connectivity index (χ0v) is 12.3. The molecular formula is C16H29NO2. The minimum atomic E-state index is -0.607. The lowest BCUT2D eigenvalue weighted by molar-refractivity contribution is -0.145. The molecule has 2 fully saturated rings. The van der Waals surface area contributed by atoms with Crippen molar-refractivity contribution in [2.45, 2.75) is 70.8 Å². The van der Waals surface area contributed by atoms with E-state index in [0.717, 1.165) is 31.8 Å². The fourth-order valence-electron chi connectivity index (χ4n) is 3.92. The standard InChI is InChI=1S/C16H29NO2/c1-13-15(16(18)19)10-6-12-17(13)11-5-9-14-7-3-2-4-8-14/h13-15H,2-12H2,1H3,(H,18,19)/t13-,15-/m1/s1. The summed E-state index contributed by atoms with van der Waals surface area (Å²) >= 11 is 0. The van der Waals surface area contributed by atoms with Crippen LogP contribution in [0.4, 0.5) is 0 Å². The summed E-state index contributed by atoms with van der Waals surface area (Å²) in [5, 5.41) is 9.23. The summed E-state index contributed by atoms with van der Waals surface area (Å²) in [4.78, 5) is 13.6. The first-order chi connectivity index (χ1) is 9.18. The van der Waals surface area contributed by atoms with Crippen LogP contribution in [0.25, 0.3) is 0 Å². The highest BCUT2D eigenvalue weighted by molar-refractivity contribution is 5.70. The van der Waals surface area contributed by atoms with Crippen LogP contribution in [0.3, 0.4) is 0 Å². The van der Waals surface area contributed by atoms with Crippen LogP contribution >= 0.6 is 0 Å². The molecule has 1 aliphatic heterocycles. The summed E-state index contributed by atoms with van der Waals surface area (Å²) in [7, 11) is 0. The van der Waals surface area contributed by atoms with Crippen molar-refractivity contribution in [2.75, 3.05) is 13.1 Å². The number of hydrogen-bond acceptors (Lipinski definition) is 2. The van der Waals surface area contributed by atoms with Crippen molar-refractivity contribution >= 4 is 5.97 Å². The van der Waals surface area contributed by atoms with Crippen molar-refractivity contribution in [1.29, 1.82) is 0 Å². The first-order valence-electron chi connectivity index (χ1n) is 8.15. The van der Waals surface area contributed by atoms with Gasteiger partial charge in [-0.25, -0.2) is 0 Å². The molecule has 110 valence electrons. The van der Waals surface area contributed by atoms with Gasteiger partial charge >= 0.3 is 5.97 Å². The summed E-state index contributed by atoms with van der Waals surface area (Å²) in [6.45, 7) is 4.29. The maximum absolute atomic E-state index is 11.2. The van der Waals surface area contributed by atoms with Gasteiger partial charge in [0.05, 0.1) is 5.92 Å². The number of piperidine rings is 1. The van der Waals surface area contributed by atoms with Crippen molar-refractivity contribution in [2.24, 2.45) is 11.8 Å². The van der Waals surface area contributed by atoms with E-state index in [4.69, 9.17) is 0 Å². The van der Waals surface area contributed by atoms with Crippen LogP contribution in [0.5, 0.6) is 0 Å². The molecule has 1 heterocycles. The number of rotatable bonds is 5. The Morgan fingerprint density at radius 2 is 1.89 bits per heavy atom. The van der Waals surface area contributed by atoms with Crippen LogP contribution in [-0.2, 0) is 4.79 Å². The Hall–Kier alpha value is -0.570. The van der Waals surface area contributed by atoms with Gasteiger partial charge < -0.3 is 5.11 Å². The molecule has 0 radical (unpaired) electrons. The molecule has 2 atom stereocenters. The third-order valence-corrected chi connectivity index (χ3v) is 5.22. The molecule has 2 rings (SSSR count). The van der Waals surface area contributed by atoms with E-state index in [9.17, 15) is 9.90 Å². The van der Waals surface area contributed by atoms with Gasteiger partial charge in [-0.2, -0.15) is 0 Å². The Morgan fingerprint density at radius 1 is 1.16 bits per heavy atom. The minimum Gasteiger partial charge on any atom is -0.481 e. The number of carboxylic acid groups (broad SMARTS) is 1. The topological polar surface area (TPSA) is 40.5 Å². The predicted octanol–water partition coefficient (Wildman–Crippen LogP) is 3.53. The molecule has 19 heavy (non-hydrogen) atoms. The second-order valence-corrected chi connectivity index (χ2v) is 6.51. The van der Waals surface area contributed by atoms with E-state index in [1.54, 1.807) is 0 Å². The van der Waals surface area contributed by atoms with E-state index >= 15 is 0 Å². The molecule has 1 aliphatic carbocycles. The number of nitrogens with zero attached hydrogens (tertiary/aromatic N) is 1. The quantitative estimate of drug-likeness (QED) is 0.828. The lowest BCUT2D eigenvalue weighted by Gasteiger charge is -2.37. The number of hydrogen-bond donors (Lipinski definition) is 1. The SMILES string of the molecule is C[C@@H]1[C@H](C(=O)O)CCCN1CCCC1CCCCC1. The Kier molecular flexibility index (Phi) is 5.68. The fourth-order valence-corrected chi connectivity index (χ4v) is 3.92. The van der Waals surface area contributed by atoms with E-state index in [0.29, 0.717) is 0 Å². The molecule has 0 aromatic carbocycles. The lowest BCUT2D eigenvalue weighted by Crippen LogP contribution is -2.46. The average Bonchev–Trinajstić information content (AvgIpc) is 2.41. The highest BCUT2D eigenvalue weighted by atomic mass is 16.4. The molecule has 0 amide bonds. The maximum Gasteiger partial charge on any atom is 0.308 e. The molecule has 0 unspecified atom stereocenters. The Balaban J connectivity index is 1.70. The van der Waals surface area contributed by atoms with Crippen molar-refractivity contribution in [1.82, 2.24) is 4.90 Å². The second kappa shape index (κ2) is 7.28. The molecule has 2 aliphatic rings. The highest BCUT2D eigenvalue weighted by Gasteiger charge is 2.32. The molecule has 0 aromatic heterocycles. The van der Waals surface area contributed by atoms with E-state index in [1.165, 1.54) is 44.9 Å². The predicted molar refractivity (Wildman–Crippen MR) is 77.2 cm³/mol. The van der Waals surface area contributed by atoms with Gasteiger partial charge in [0.15, 0.2) is 0 Å². The van der Waals surface area contributed by atoms with E-state index < -0.39 is 5.97 Å². The van der Waals surface area contributed by atoms with Crippen molar-refractivity contribution in [3.05, 3.63) is 0 Å². The van der Waals surface area contributed by atoms with Gasteiger partial charge in [0.1, 0.15) is 0 Å². The smallest absolute Gasteiger partial charge is 0.308 e. The summed E-state index contributed by atoms with van der Waals surface area (Å²) < 4.78 is 0. The van der Waals surface area contributed by atoms with Crippen molar-refractivity contribution in [3.63, 3.8) is 0 Å². The lowest BCUT2D eigenvalue weighted by atomic mass is 9.85. The van der Waals surface area contributed by atoms with Crippen LogP contribution in [0.1, 0.15) is 64.7 Å². The van der Waals surface area contributed by atoms with E-state index in [-0.39, 0.29) is 12.0 Å². The van der Waals surface area contributed by atoms with Crippen LogP contribution < -0.4 is 0 Å². The zero-order chi connectivity index (χ0) is 13.7. The monoisotopic (exact) mass is 267 g/mol. The van der Waals surface area contributed by atoms with Crippen LogP contribution in [0.15, 0.2) is 0 Å². The van der Waals surface area contributed by atoms with Crippen LogP contribution in [0.2, 0.25) is 0 Å². The normalized spacial score (nSPS) is 30.4. The maximum atomic E-state index is 11.2. The Morgan fingerprint density at radius 3 is 2.58 bits per heavy atom. The van der Waals surface area contributed by atoms with Crippen LogP contribution in [0, 0.1) is 11.8 Å². The van der Waals surface area contributed by atoms with Gasteiger partial charge in [0.25, 0.3) is 0 Å². The average molecular weight is 267 g/mol. The summed E-state index contributed by atoms with van der Waals surface area (Å²) in [6.07, 6.45) is 11.6. The van der Waals surface area contributed by atoms with Gasteiger partial charge in [-0.05, 0) is 51.6 Å². The van der Waals surface area contributed by atoms with Crippen molar-refractivity contribution < 1.29 is 9.90 Å². The number of carboxylic acids is 1. The molecule has 1 N–H and O–H groups in total. The molecule has 3 heteroatoms. The molecule has 0 spiro atoms. The van der Waals surface area contributed by atoms with Gasteiger partial charge in [0.2, 0.25) is 0 Å². The Labute approximate surface area is 117 Å². The molecule has 1 saturated carbocycles. The second-order valence-electron chi connectivity index (χ2n) is 6.51. The third-order valence-electron chi connectivity index (χ3n) is 5.22. The molecule has 3 nitrogen and oxygen atoms in total. The van der Waals surface area contributed by atoms with Gasteiger partial charge in [-0.15, -0.1) is 0 Å². The molecule has 0 aromatic rings. The third kappa shape index (κ3) is 4.20. The van der Waals surface area contributed by atoms with E-state index in [1.807, 2.05) is 0 Å². The molecule has 0 bridgehead atoms. The summed E-state index contributed by atoms with van der Waals surface area (Å²) in [6, 6.07) is 0.220. The van der Waals surface area contributed by atoms with Crippen molar-refractivity contribution in [3.8, 4) is 0 Å². The Bertz CT molecular complexity index is 286. The van der Waals surface area contributed by atoms with Crippen LogP contribution in [-0.4, -0.2) is 35.1 Å². The molecular weight excluding hydrogens is 238 g/mol. The largest absolute Gasteiger partial charge is 0.481 e. The first kappa shape index (κ1) is 14.8. The number of carbonyl (C=O) groups is 1. The molecule has 1 saturated heterocycles. The van der Waals surface area contributed by atoms with Gasteiger partial charge in [0, 0.05) is 6.04 Å². The highest BCUT2D eigenvalue weighted by Crippen LogP contribution is 2.28. The number of aliphatic carboxylic acids is 1. The van der Waals surface area contributed by atoms with Gasteiger partial charge in [-0.3, -0.25) is 9.69 Å². The van der Waals surface area contributed by atoms with Gasteiger partial charge in [-0.1, -0.05) is 32.1 Å². The fraction of sp³-hybridized carbons (Fsp3) is 0.938. The van der Waals surface area contributed by atoms with E-state index in [2.05, 4.69) is 11.8 Å². The summed E-state index contributed by atoms with van der Waals surface area (Å²) in [5.41, 5.74) is 0. The first-order valence-corrected chi connectivity index (χ1v) is 8.15.